The number of hydrogen-bond donors (Lipinski definition) is 0. The summed E-state index contributed by atoms with van der Waals surface area (Å²) in [5.41, 5.74) is 3.09. The third-order valence-corrected chi connectivity index (χ3v) is 7.70. The van der Waals surface area contributed by atoms with E-state index in [0.717, 1.165) is 49.2 Å². The third-order valence-electron chi connectivity index (χ3n) is 7.70. The molecular formula is C26H27N3O2. The number of aromatic nitrogens is 1. The number of pyridine rings is 1. The number of rotatable bonds is 4. The first-order valence-corrected chi connectivity index (χ1v) is 11.2. The third kappa shape index (κ3) is 2.66. The Hall–Kier alpha value is -2.92. The Morgan fingerprint density at radius 2 is 2.00 bits per heavy atom. The minimum atomic E-state index is -0.344. The number of carbonyl (C=O) groups excluding carboxylic acids is 1. The molecule has 1 aromatic heterocycles. The van der Waals surface area contributed by atoms with Gasteiger partial charge in [0.2, 0.25) is 5.91 Å². The fourth-order valence-electron chi connectivity index (χ4n) is 6.45. The number of para-hydroxylation sites is 2. The van der Waals surface area contributed by atoms with Crippen molar-refractivity contribution in [2.24, 2.45) is 5.92 Å². The van der Waals surface area contributed by atoms with E-state index in [1.807, 2.05) is 30.5 Å². The summed E-state index contributed by atoms with van der Waals surface area (Å²) in [7, 11) is 1.69. The summed E-state index contributed by atoms with van der Waals surface area (Å²) in [6.45, 7) is 2.43. The van der Waals surface area contributed by atoms with Gasteiger partial charge in [-0.15, -0.1) is 0 Å². The lowest BCUT2D eigenvalue weighted by Crippen LogP contribution is -2.49. The molecule has 3 saturated heterocycles. The van der Waals surface area contributed by atoms with Gasteiger partial charge in [0.25, 0.3) is 0 Å². The lowest BCUT2D eigenvalue weighted by molar-refractivity contribution is -0.137. The van der Waals surface area contributed by atoms with E-state index in [1.54, 1.807) is 7.11 Å². The van der Waals surface area contributed by atoms with Crippen LogP contribution in [0.4, 0.5) is 0 Å². The number of methoxy groups -OCH3 is 1. The topological polar surface area (TPSA) is 45.7 Å². The minimum Gasteiger partial charge on any atom is -0.496 e. The average Bonchev–Trinajstić information content (AvgIpc) is 3.44. The van der Waals surface area contributed by atoms with Gasteiger partial charge in [0.1, 0.15) is 11.3 Å². The van der Waals surface area contributed by atoms with Gasteiger partial charge in [0.15, 0.2) is 0 Å². The maximum atomic E-state index is 13.9. The molecule has 0 aliphatic carbocycles. The molecule has 5 nitrogen and oxygen atoms in total. The standard InChI is InChI=1S/C26H27N3O2/c1-31-23-11-3-2-7-19(23)16-28-17-20-15-22(29-14-6-12-26(20,29)25(28)30)21-10-4-8-18-9-5-13-27-24(18)21/h2-5,7-11,13,20,22H,6,12,14-17H2,1H3/t20-,22-,26-/m0/s1. The van der Waals surface area contributed by atoms with Crippen molar-refractivity contribution >= 4 is 16.8 Å². The van der Waals surface area contributed by atoms with Crippen LogP contribution in [0.5, 0.6) is 5.75 Å². The van der Waals surface area contributed by atoms with Crippen molar-refractivity contribution < 1.29 is 9.53 Å². The van der Waals surface area contributed by atoms with Crippen LogP contribution in [0.3, 0.4) is 0 Å². The molecular weight excluding hydrogens is 386 g/mol. The number of likely N-dealkylation sites (tertiary alicyclic amines) is 1. The van der Waals surface area contributed by atoms with Crippen LogP contribution in [0, 0.1) is 5.92 Å². The lowest BCUT2D eigenvalue weighted by atomic mass is 9.85. The Labute approximate surface area is 182 Å². The van der Waals surface area contributed by atoms with Gasteiger partial charge >= 0.3 is 0 Å². The van der Waals surface area contributed by atoms with Gasteiger partial charge in [-0.05, 0) is 43.5 Å². The molecule has 0 bridgehead atoms. The summed E-state index contributed by atoms with van der Waals surface area (Å²) >= 11 is 0. The lowest BCUT2D eigenvalue weighted by Gasteiger charge is -2.34. The van der Waals surface area contributed by atoms with E-state index in [0.29, 0.717) is 18.4 Å². The van der Waals surface area contributed by atoms with Crippen molar-refractivity contribution in [3.05, 3.63) is 71.9 Å². The Kier molecular flexibility index (Phi) is 4.29. The minimum absolute atomic E-state index is 0.267. The van der Waals surface area contributed by atoms with Gasteiger partial charge < -0.3 is 9.64 Å². The highest BCUT2D eigenvalue weighted by Gasteiger charge is 2.65. The molecule has 158 valence electrons. The molecule has 3 aromatic rings. The summed E-state index contributed by atoms with van der Waals surface area (Å²) in [5.74, 6) is 1.52. The first kappa shape index (κ1) is 18.8. The number of benzene rings is 2. The zero-order chi connectivity index (χ0) is 21.0. The van der Waals surface area contributed by atoms with Crippen LogP contribution in [0.1, 0.15) is 36.4 Å². The van der Waals surface area contributed by atoms with E-state index in [-0.39, 0.29) is 11.6 Å². The van der Waals surface area contributed by atoms with Crippen LogP contribution in [0.15, 0.2) is 60.8 Å². The smallest absolute Gasteiger partial charge is 0.243 e. The number of carbonyl (C=O) groups is 1. The van der Waals surface area contributed by atoms with Crippen LogP contribution in [-0.2, 0) is 11.3 Å². The van der Waals surface area contributed by atoms with E-state index in [2.05, 4.69) is 40.1 Å². The van der Waals surface area contributed by atoms with Crippen LogP contribution < -0.4 is 4.74 Å². The molecule has 4 heterocycles. The molecule has 31 heavy (non-hydrogen) atoms. The first-order valence-electron chi connectivity index (χ1n) is 11.2. The number of ether oxygens (including phenoxy) is 1. The van der Waals surface area contributed by atoms with Crippen molar-refractivity contribution in [3.8, 4) is 5.75 Å². The first-order chi connectivity index (χ1) is 15.2. The van der Waals surface area contributed by atoms with Crippen molar-refractivity contribution in [1.29, 1.82) is 0 Å². The Balaban J connectivity index is 1.34. The van der Waals surface area contributed by atoms with Gasteiger partial charge in [-0.2, -0.15) is 0 Å². The maximum absolute atomic E-state index is 13.9. The highest BCUT2D eigenvalue weighted by atomic mass is 16.5. The van der Waals surface area contributed by atoms with Crippen molar-refractivity contribution in [3.63, 3.8) is 0 Å². The highest BCUT2D eigenvalue weighted by molar-refractivity contribution is 5.91. The van der Waals surface area contributed by atoms with E-state index >= 15 is 0 Å². The molecule has 1 spiro atoms. The zero-order valence-electron chi connectivity index (χ0n) is 17.8. The molecule has 3 atom stereocenters. The highest BCUT2D eigenvalue weighted by Crippen LogP contribution is 2.56. The Bertz CT molecular complexity index is 1160. The largest absolute Gasteiger partial charge is 0.496 e. The summed E-state index contributed by atoms with van der Waals surface area (Å²) in [5, 5.41) is 1.18. The maximum Gasteiger partial charge on any atom is 0.243 e. The Morgan fingerprint density at radius 1 is 1.13 bits per heavy atom. The van der Waals surface area contributed by atoms with E-state index in [1.165, 1.54) is 10.9 Å². The normalized spacial score (nSPS) is 27.6. The molecule has 1 amide bonds. The second kappa shape index (κ2) is 7.06. The predicted octanol–water partition coefficient (Wildman–Crippen LogP) is 4.18. The number of fused-ring (bicyclic) bond motifs is 1. The monoisotopic (exact) mass is 413 g/mol. The van der Waals surface area contributed by atoms with E-state index < -0.39 is 0 Å². The van der Waals surface area contributed by atoms with Gasteiger partial charge in [-0.3, -0.25) is 14.7 Å². The van der Waals surface area contributed by atoms with Gasteiger partial charge in [-0.1, -0.05) is 42.5 Å². The molecule has 0 unspecified atom stereocenters. The molecule has 0 N–H and O–H groups in total. The van der Waals surface area contributed by atoms with Gasteiger partial charge in [0.05, 0.1) is 12.6 Å². The second-order valence-corrected chi connectivity index (χ2v) is 9.09. The van der Waals surface area contributed by atoms with Gasteiger partial charge in [-0.25, -0.2) is 0 Å². The fourth-order valence-corrected chi connectivity index (χ4v) is 6.45. The van der Waals surface area contributed by atoms with Crippen LogP contribution in [0.25, 0.3) is 10.9 Å². The van der Waals surface area contributed by atoms with E-state index in [4.69, 9.17) is 9.72 Å². The van der Waals surface area contributed by atoms with Gasteiger partial charge in [0, 0.05) is 42.2 Å². The average molecular weight is 414 g/mol. The van der Waals surface area contributed by atoms with Crippen LogP contribution in [0.2, 0.25) is 0 Å². The summed E-state index contributed by atoms with van der Waals surface area (Å²) in [6.07, 6.45) is 4.94. The molecule has 0 radical (unpaired) electrons. The van der Waals surface area contributed by atoms with Crippen LogP contribution in [-0.4, -0.2) is 46.4 Å². The zero-order valence-corrected chi connectivity index (χ0v) is 17.8. The fraction of sp³-hybridized carbons (Fsp3) is 0.385. The number of hydrogen-bond acceptors (Lipinski definition) is 4. The van der Waals surface area contributed by atoms with E-state index in [9.17, 15) is 4.79 Å². The second-order valence-electron chi connectivity index (χ2n) is 9.09. The molecule has 3 aliphatic heterocycles. The molecule has 3 fully saturated rings. The SMILES string of the molecule is COc1ccccc1CN1C[C@@H]2C[C@@H](c3cccc4cccnc34)N3CCC[C@@]23C1=O. The molecule has 0 saturated carbocycles. The number of nitrogens with zero attached hydrogens (tertiary/aromatic N) is 3. The molecule has 2 aromatic carbocycles. The van der Waals surface area contributed by atoms with Crippen molar-refractivity contribution in [1.82, 2.24) is 14.8 Å². The summed E-state index contributed by atoms with van der Waals surface area (Å²) in [6, 6.07) is 18.9. The molecule has 5 heteroatoms. The Morgan fingerprint density at radius 3 is 2.90 bits per heavy atom. The molecule has 6 rings (SSSR count). The number of amides is 1. The van der Waals surface area contributed by atoms with Crippen LogP contribution >= 0.6 is 0 Å². The molecule has 3 aliphatic rings. The predicted molar refractivity (Wildman–Crippen MR) is 120 cm³/mol. The van der Waals surface area contributed by atoms with Crippen molar-refractivity contribution in [2.75, 3.05) is 20.2 Å². The van der Waals surface area contributed by atoms with Crippen molar-refractivity contribution in [2.45, 2.75) is 37.4 Å². The quantitative estimate of drug-likeness (QED) is 0.644. The summed E-state index contributed by atoms with van der Waals surface area (Å²) in [4.78, 5) is 23.2. The summed E-state index contributed by atoms with van der Waals surface area (Å²) < 4.78 is 5.53.